The summed E-state index contributed by atoms with van der Waals surface area (Å²) < 4.78 is 13.0. The minimum Gasteiger partial charge on any atom is -0.267 e. The quantitative estimate of drug-likeness (QED) is 0.393. The fraction of sp³-hybridized carbons (Fsp3) is 0.0417. The van der Waals surface area contributed by atoms with E-state index in [1.165, 1.54) is 18.3 Å². The first kappa shape index (κ1) is 18.5. The molecule has 4 nitrogen and oxygen atoms in total. The molecule has 0 atom stereocenters. The molecule has 0 aliphatic heterocycles. The van der Waals surface area contributed by atoms with Gasteiger partial charge in [-0.25, -0.2) is 14.8 Å². The van der Waals surface area contributed by atoms with Crippen molar-refractivity contribution in [2.75, 3.05) is 0 Å². The number of halogens is 1. The second-order valence-corrected chi connectivity index (χ2v) is 6.69. The van der Waals surface area contributed by atoms with Gasteiger partial charge in [-0.1, -0.05) is 54.1 Å². The molecule has 5 heteroatoms. The van der Waals surface area contributed by atoms with Crippen molar-refractivity contribution in [1.29, 1.82) is 0 Å². The van der Waals surface area contributed by atoms with Crippen LogP contribution in [0.2, 0.25) is 0 Å². The summed E-state index contributed by atoms with van der Waals surface area (Å²) in [6.07, 6.45) is 1.48. The zero-order valence-corrected chi connectivity index (χ0v) is 15.8. The second kappa shape index (κ2) is 8.02. The predicted octanol–water partition coefficient (Wildman–Crippen LogP) is 5.11. The maximum absolute atomic E-state index is 13.0. The minimum atomic E-state index is -0.335. The van der Waals surface area contributed by atoms with Gasteiger partial charge in [-0.05, 0) is 42.8 Å². The number of hydrogen-bond acceptors (Lipinski definition) is 3. The summed E-state index contributed by atoms with van der Waals surface area (Å²) in [5.41, 5.74) is 7.17. The number of nitrogens with zero attached hydrogens (tertiary/aromatic N) is 2. The second-order valence-electron chi connectivity index (χ2n) is 6.69. The lowest BCUT2D eigenvalue weighted by molar-refractivity contribution is 0.0956. The van der Waals surface area contributed by atoms with Crippen LogP contribution in [0.5, 0.6) is 0 Å². The highest BCUT2D eigenvalue weighted by molar-refractivity contribution is 6.07. The molecule has 0 bridgehead atoms. The molecule has 1 amide bonds. The zero-order chi connectivity index (χ0) is 20.2. The van der Waals surface area contributed by atoms with Crippen molar-refractivity contribution in [3.63, 3.8) is 0 Å². The molecule has 0 saturated carbocycles. The third-order valence-electron chi connectivity index (χ3n) is 4.53. The largest absolute Gasteiger partial charge is 0.272 e. The molecule has 4 rings (SSSR count). The molecule has 0 aliphatic rings. The average Bonchev–Trinajstić information content (AvgIpc) is 2.75. The Kier molecular flexibility index (Phi) is 5.12. The van der Waals surface area contributed by atoms with E-state index in [1.54, 1.807) is 18.2 Å². The molecule has 3 aromatic carbocycles. The van der Waals surface area contributed by atoms with Gasteiger partial charge in [-0.15, -0.1) is 0 Å². The van der Waals surface area contributed by atoms with Crippen molar-refractivity contribution < 1.29 is 9.18 Å². The summed E-state index contributed by atoms with van der Waals surface area (Å²) in [6, 6.07) is 23.2. The van der Waals surface area contributed by atoms with Crippen molar-refractivity contribution >= 4 is 23.0 Å². The lowest BCUT2D eigenvalue weighted by Crippen LogP contribution is -2.18. The molecule has 0 saturated heterocycles. The van der Waals surface area contributed by atoms with Crippen molar-refractivity contribution in [2.24, 2.45) is 5.10 Å². The predicted molar refractivity (Wildman–Crippen MR) is 113 cm³/mol. The Balaban J connectivity index is 1.69. The van der Waals surface area contributed by atoms with Crippen LogP contribution in [0.3, 0.4) is 0 Å². The lowest BCUT2D eigenvalue weighted by atomic mass is 10.0. The Labute approximate surface area is 167 Å². The van der Waals surface area contributed by atoms with E-state index in [0.717, 1.165) is 27.7 Å². The van der Waals surface area contributed by atoms with Gasteiger partial charge >= 0.3 is 0 Å². The summed E-state index contributed by atoms with van der Waals surface area (Å²) >= 11 is 0. The smallest absolute Gasteiger partial charge is 0.267 e. The normalized spacial score (nSPS) is 11.1. The molecule has 0 aliphatic carbocycles. The molecule has 29 heavy (non-hydrogen) atoms. The molecule has 142 valence electrons. The Morgan fingerprint density at radius 2 is 1.76 bits per heavy atom. The highest BCUT2D eigenvalue weighted by atomic mass is 19.1. The van der Waals surface area contributed by atoms with Crippen LogP contribution in [0.25, 0.3) is 22.2 Å². The molecule has 4 aromatic rings. The Morgan fingerprint density at radius 3 is 2.52 bits per heavy atom. The molecule has 1 heterocycles. The number of aromatic nitrogens is 1. The summed E-state index contributed by atoms with van der Waals surface area (Å²) in [5, 5.41) is 4.77. The number of rotatable bonds is 4. The van der Waals surface area contributed by atoms with E-state index >= 15 is 0 Å². The Hall–Kier alpha value is -3.86. The van der Waals surface area contributed by atoms with Crippen molar-refractivity contribution in [3.8, 4) is 11.3 Å². The number of benzene rings is 3. The van der Waals surface area contributed by atoms with Gasteiger partial charge in [0.15, 0.2) is 0 Å². The van der Waals surface area contributed by atoms with E-state index in [-0.39, 0.29) is 11.7 Å². The van der Waals surface area contributed by atoms with Gasteiger partial charge in [-0.2, -0.15) is 5.10 Å². The number of aryl methyl sites for hydroxylation is 1. The molecular weight excluding hydrogens is 365 g/mol. The summed E-state index contributed by atoms with van der Waals surface area (Å²) in [4.78, 5) is 17.6. The van der Waals surface area contributed by atoms with Crippen LogP contribution in [0.1, 0.15) is 21.5 Å². The van der Waals surface area contributed by atoms with Crippen LogP contribution in [0.4, 0.5) is 4.39 Å². The van der Waals surface area contributed by atoms with Crippen LogP contribution < -0.4 is 5.43 Å². The van der Waals surface area contributed by atoms with Gasteiger partial charge < -0.3 is 0 Å². The van der Waals surface area contributed by atoms with Gasteiger partial charge in [0.25, 0.3) is 5.91 Å². The van der Waals surface area contributed by atoms with E-state index in [4.69, 9.17) is 4.98 Å². The number of carbonyl (C=O) groups excluding carboxylic acids is 1. The molecule has 0 fully saturated rings. The van der Waals surface area contributed by atoms with Crippen molar-refractivity contribution in [1.82, 2.24) is 10.4 Å². The van der Waals surface area contributed by atoms with Gasteiger partial charge in [-0.3, -0.25) is 4.79 Å². The monoisotopic (exact) mass is 383 g/mol. The minimum absolute atomic E-state index is 0.321. The van der Waals surface area contributed by atoms with E-state index < -0.39 is 0 Å². The zero-order valence-electron chi connectivity index (χ0n) is 15.8. The van der Waals surface area contributed by atoms with Crippen molar-refractivity contribution in [3.05, 3.63) is 101 Å². The molecule has 0 unspecified atom stereocenters. The number of amides is 1. The third kappa shape index (κ3) is 4.19. The van der Waals surface area contributed by atoms with Crippen molar-refractivity contribution in [2.45, 2.75) is 6.92 Å². The fourth-order valence-corrected chi connectivity index (χ4v) is 3.06. The topological polar surface area (TPSA) is 54.4 Å². The van der Waals surface area contributed by atoms with Crippen LogP contribution in [-0.2, 0) is 0 Å². The summed E-state index contributed by atoms with van der Waals surface area (Å²) in [6.45, 7) is 1.97. The van der Waals surface area contributed by atoms with Crippen LogP contribution in [0, 0.1) is 12.7 Å². The average molecular weight is 383 g/mol. The number of hydrazone groups is 1. The Morgan fingerprint density at radius 1 is 1.00 bits per heavy atom. The third-order valence-corrected chi connectivity index (χ3v) is 4.53. The lowest BCUT2D eigenvalue weighted by Gasteiger charge is -2.10. The van der Waals surface area contributed by atoms with Gasteiger partial charge in [0, 0.05) is 10.9 Å². The summed E-state index contributed by atoms with van der Waals surface area (Å²) in [7, 11) is 0. The molecule has 0 radical (unpaired) electrons. The van der Waals surface area contributed by atoms with Gasteiger partial charge in [0.1, 0.15) is 5.82 Å². The van der Waals surface area contributed by atoms with Gasteiger partial charge in [0.05, 0.1) is 23.0 Å². The first-order valence-corrected chi connectivity index (χ1v) is 9.16. The highest BCUT2D eigenvalue weighted by Crippen LogP contribution is 2.25. The molecule has 1 N–H and O–H groups in total. The molecular formula is C24H18FN3O. The standard InChI is InChI=1S/C24H18FN3O/c1-16-7-12-22-20(13-16)21(14-23(27-22)18-5-3-2-4-6-18)24(29)28-26-15-17-8-10-19(25)11-9-17/h2-15H,1H3,(H,28,29). The summed E-state index contributed by atoms with van der Waals surface area (Å²) in [5.74, 6) is -0.656. The number of nitrogens with one attached hydrogen (secondary N) is 1. The van der Waals surface area contributed by atoms with Crippen LogP contribution in [0.15, 0.2) is 84.0 Å². The van der Waals surface area contributed by atoms with E-state index in [1.807, 2.05) is 55.5 Å². The van der Waals surface area contributed by atoms with E-state index in [9.17, 15) is 9.18 Å². The maximum Gasteiger partial charge on any atom is 0.272 e. The van der Waals surface area contributed by atoms with E-state index in [2.05, 4.69) is 10.5 Å². The van der Waals surface area contributed by atoms with E-state index in [0.29, 0.717) is 11.1 Å². The fourth-order valence-electron chi connectivity index (χ4n) is 3.06. The maximum atomic E-state index is 13.0. The SMILES string of the molecule is Cc1ccc2nc(-c3ccccc3)cc(C(=O)NN=Cc3ccc(F)cc3)c2c1. The number of fused-ring (bicyclic) bond motifs is 1. The first-order valence-electron chi connectivity index (χ1n) is 9.16. The number of pyridine rings is 1. The van der Waals surface area contributed by atoms with Gasteiger partial charge in [0.2, 0.25) is 0 Å². The highest BCUT2D eigenvalue weighted by Gasteiger charge is 2.14. The van der Waals surface area contributed by atoms with Crippen LogP contribution >= 0.6 is 0 Å². The molecule has 0 spiro atoms. The Bertz CT molecular complexity index is 1200. The number of carbonyl (C=O) groups is 1. The first-order chi connectivity index (χ1) is 14.1. The molecule has 1 aromatic heterocycles. The number of hydrogen-bond donors (Lipinski definition) is 1. The van der Waals surface area contributed by atoms with Crippen LogP contribution in [-0.4, -0.2) is 17.1 Å².